The van der Waals surface area contributed by atoms with Crippen LogP contribution in [-0.2, 0) is 4.79 Å². The van der Waals surface area contributed by atoms with E-state index in [0.29, 0.717) is 56.4 Å². The highest BCUT2D eigenvalue weighted by atomic mass is 19.4. The molecule has 216 valence electrons. The Morgan fingerprint density at radius 1 is 0.950 bits per heavy atom. The third kappa shape index (κ3) is 6.35. The number of carbonyl (C=O) groups excluding carboxylic acids is 2. The van der Waals surface area contributed by atoms with Crippen LogP contribution in [0.1, 0.15) is 68.1 Å². The fourth-order valence-corrected chi connectivity index (χ4v) is 6.50. The SMILES string of the molecule is O=C[C@@H]1CCCN1C(=O)c1ccc(-c2ccc(OCC3CCN(CC4(C(F)(F)F)CCCCC4)CC3)nc2)cc1. The summed E-state index contributed by atoms with van der Waals surface area (Å²) in [5.74, 6) is 0.693. The number of rotatable bonds is 8. The van der Waals surface area contributed by atoms with Crippen molar-refractivity contribution in [1.29, 1.82) is 0 Å². The molecular formula is C31H38F3N3O3. The number of pyridine rings is 1. The van der Waals surface area contributed by atoms with Gasteiger partial charge in [-0.25, -0.2) is 4.98 Å². The van der Waals surface area contributed by atoms with Crippen LogP contribution in [0.3, 0.4) is 0 Å². The standard InChI is InChI=1S/C31H38F3N3O3/c32-31(33,34)30(14-2-1-3-15-30)22-36-17-12-23(13-18-36)21-40-28-11-10-26(19-35-28)24-6-8-25(9-7-24)29(39)37-16-4-5-27(37)20-38/h6-11,19-20,23,27H,1-5,12-18,21-22H2/t27-/m0/s1. The predicted molar refractivity (Wildman–Crippen MR) is 146 cm³/mol. The van der Waals surface area contributed by atoms with Crippen LogP contribution in [0.4, 0.5) is 13.2 Å². The Labute approximate surface area is 233 Å². The summed E-state index contributed by atoms with van der Waals surface area (Å²) in [7, 11) is 0. The fraction of sp³-hybridized carbons (Fsp3) is 0.581. The number of hydrogen-bond donors (Lipinski definition) is 0. The lowest BCUT2D eigenvalue weighted by molar-refractivity contribution is -0.240. The summed E-state index contributed by atoms with van der Waals surface area (Å²) in [4.78, 5) is 32.1. The Morgan fingerprint density at radius 2 is 1.65 bits per heavy atom. The lowest BCUT2D eigenvalue weighted by Crippen LogP contribution is -2.50. The normalized spacial score (nSPS) is 22.3. The average Bonchev–Trinajstić information content (AvgIpc) is 3.46. The van der Waals surface area contributed by atoms with Crippen LogP contribution in [-0.4, -0.2) is 72.0 Å². The number of carbonyl (C=O) groups is 2. The second-order valence-corrected chi connectivity index (χ2v) is 11.7. The molecule has 1 saturated carbocycles. The molecule has 0 unspecified atom stereocenters. The number of halogens is 3. The van der Waals surface area contributed by atoms with E-state index in [2.05, 4.69) is 4.98 Å². The third-order valence-electron chi connectivity index (χ3n) is 9.03. The maximum absolute atomic E-state index is 13.9. The molecule has 1 aromatic carbocycles. The predicted octanol–water partition coefficient (Wildman–Crippen LogP) is 6.16. The van der Waals surface area contributed by atoms with E-state index in [9.17, 15) is 22.8 Å². The maximum atomic E-state index is 13.9. The molecule has 5 rings (SSSR count). The van der Waals surface area contributed by atoms with Crippen LogP contribution in [0.15, 0.2) is 42.6 Å². The lowest BCUT2D eigenvalue weighted by atomic mass is 9.72. The van der Waals surface area contributed by atoms with E-state index in [0.717, 1.165) is 49.5 Å². The molecular weight excluding hydrogens is 519 g/mol. The zero-order valence-electron chi connectivity index (χ0n) is 22.9. The third-order valence-corrected chi connectivity index (χ3v) is 9.03. The van der Waals surface area contributed by atoms with Crippen molar-refractivity contribution in [3.8, 4) is 17.0 Å². The van der Waals surface area contributed by atoms with Gasteiger partial charge in [0, 0.05) is 36.5 Å². The summed E-state index contributed by atoms with van der Waals surface area (Å²) in [6.07, 6.45) is 4.40. The van der Waals surface area contributed by atoms with Gasteiger partial charge in [0.25, 0.3) is 5.91 Å². The van der Waals surface area contributed by atoms with Crippen molar-refractivity contribution < 1.29 is 27.5 Å². The molecule has 1 aromatic heterocycles. The van der Waals surface area contributed by atoms with E-state index in [1.54, 1.807) is 23.2 Å². The fourth-order valence-electron chi connectivity index (χ4n) is 6.50. The molecule has 0 bridgehead atoms. The van der Waals surface area contributed by atoms with Gasteiger partial charge in [-0.15, -0.1) is 0 Å². The van der Waals surface area contributed by atoms with Crippen molar-refractivity contribution in [2.45, 2.75) is 70.0 Å². The summed E-state index contributed by atoms with van der Waals surface area (Å²) in [5.41, 5.74) is 0.839. The first-order chi connectivity index (χ1) is 19.3. The summed E-state index contributed by atoms with van der Waals surface area (Å²) in [5, 5.41) is 0. The Bertz CT molecular complexity index is 1140. The molecule has 2 saturated heterocycles. The second-order valence-electron chi connectivity index (χ2n) is 11.7. The first kappa shape index (κ1) is 28.6. The van der Waals surface area contributed by atoms with E-state index >= 15 is 0 Å². The van der Waals surface area contributed by atoms with Crippen molar-refractivity contribution in [3.05, 3.63) is 48.2 Å². The molecule has 2 aromatic rings. The van der Waals surface area contributed by atoms with Gasteiger partial charge in [-0.3, -0.25) is 4.79 Å². The van der Waals surface area contributed by atoms with Crippen LogP contribution in [0.5, 0.6) is 5.88 Å². The number of alkyl halides is 3. The Hall–Kier alpha value is -2.94. The van der Waals surface area contributed by atoms with Gasteiger partial charge in [0.2, 0.25) is 5.88 Å². The van der Waals surface area contributed by atoms with Crippen molar-refractivity contribution in [2.75, 3.05) is 32.8 Å². The van der Waals surface area contributed by atoms with E-state index in [1.165, 1.54) is 0 Å². The number of aldehydes is 1. The molecule has 1 atom stereocenters. The highest BCUT2D eigenvalue weighted by molar-refractivity contribution is 5.96. The first-order valence-electron chi connectivity index (χ1n) is 14.5. The smallest absolute Gasteiger partial charge is 0.395 e. The van der Waals surface area contributed by atoms with E-state index in [-0.39, 0.29) is 31.3 Å². The van der Waals surface area contributed by atoms with Crippen LogP contribution in [0, 0.1) is 11.3 Å². The molecule has 3 heterocycles. The molecule has 0 N–H and O–H groups in total. The zero-order chi connectivity index (χ0) is 28.2. The van der Waals surface area contributed by atoms with E-state index in [4.69, 9.17) is 4.74 Å². The topological polar surface area (TPSA) is 62.7 Å². The molecule has 3 aliphatic rings. The van der Waals surface area contributed by atoms with E-state index < -0.39 is 11.6 Å². The number of benzene rings is 1. The number of piperidine rings is 1. The number of amides is 1. The Morgan fingerprint density at radius 3 is 2.27 bits per heavy atom. The highest BCUT2D eigenvalue weighted by Crippen LogP contribution is 2.49. The molecule has 6 nitrogen and oxygen atoms in total. The molecule has 9 heteroatoms. The van der Waals surface area contributed by atoms with Crippen LogP contribution < -0.4 is 4.74 Å². The second kappa shape index (κ2) is 12.3. The van der Waals surface area contributed by atoms with Gasteiger partial charge in [0.15, 0.2) is 0 Å². The van der Waals surface area contributed by atoms with Gasteiger partial charge in [-0.1, -0.05) is 31.4 Å². The highest BCUT2D eigenvalue weighted by Gasteiger charge is 2.55. The quantitative estimate of drug-likeness (QED) is 0.364. The van der Waals surface area contributed by atoms with Gasteiger partial charge in [-0.05, 0) is 81.3 Å². The van der Waals surface area contributed by atoms with Crippen molar-refractivity contribution in [3.63, 3.8) is 0 Å². The zero-order valence-corrected chi connectivity index (χ0v) is 22.9. The molecule has 1 aliphatic carbocycles. The summed E-state index contributed by atoms with van der Waals surface area (Å²) in [6, 6.07) is 10.7. The van der Waals surface area contributed by atoms with Crippen molar-refractivity contribution in [2.24, 2.45) is 11.3 Å². The van der Waals surface area contributed by atoms with Gasteiger partial charge in [-0.2, -0.15) is 13.2 Å². The van der Waals surface area contributed by atoms with E-state index in [1.807, 2.05) is 29.2 Å². The minimum Gasteiger partial charge on any atom is -0.477 e. The lowest BCUT2D eigenvalue weighted by Gasteiger charge is -2.44. The van der Waals surface area contributed by atoms with Gasteiger partial charge >= 0.3 is 6.18 Å². The van der Waals surface area contributed by atoms with Crippen LogP contribution in [0.2, 0.25) is 0 Å². The number of ether oxygens (including phenoxy) is 1. The first-order valence-corrected chi connectivity index (χ1v) is 14.5. The monoisotopic (exact) mass is 557 g/mol. The molecule has 0 radical (unpaired) electrons. The minimum atomic E-state index is -4.14. The number of aromatic nitrogens is 1. The van der Waals surface area contributed by atoms with Crippen LogP contribution >= 0.6 is 0 Å². The van der Waals surface area contributed by atoms with Crippen LogP contribution in [0.25, 0.3) is 11.1 Å². The maximum Gasteiger partial charge on any atom is 0.395 e. The Balaban J connectivity index is 1.09. The molecule has 0 spiro atoms. The average molecular weight is 558 g/mol. The molecule has 1 amide bonds. The molecule has 2 aliphatic heterocycles. The summed E-state index contributed by atoms with van der Waals surface area (Å²) in [6.45, 7) is 2.57. The number of likely N-dealkylation sites (tertiary alicyclic amines) is 2. The number of nitrogens with zero attached hydrogens (tertiary/aromatic N) is 3. The number of hydrogen-bond acceptors (Lipinski definition) is 5. The van der Waals surface area contributed by atoms with Crippen molar-refractivity contribution >= 4 is 12.2 Å². The Kier molecular flexibility index (Phi) is 8.78. The van der Waals surface area contributed by atoms with Gasteiger partial charge in [0.1, 0.15) is 6.29 Å². The van der Waals surface area contributed by atoms with Gasteiger partial charge in [0.05, 0.1) is 18.1 Å². The molecule has 3 fully saturated rings. The molecule has 40 heavy (non-hydrogen) atoms. The largest absolute Gasteiger partial charge is 0.477 e. The summed E-state index contributed by atoms with van der Waals surface area (Å²) >= 11 is 0. The summed E-state index contributed by atoms with van der Waals surface area (Å²) < 4.78 is 47.7. The van der Waals surface area contributed by atoms with Gasteiger partial charge < -0.3 is 19.3 Å². The van der Waals surface area contributed by atoms with Crippen molar-refractivity contribution in [1.82, 2.24) is 14.8 Å². The minimum absolute atomic E-state index is 0.122.